The lowest BCUT2D eigenvalue weighted by molar-refractivity contribution is -0.121. The summed E-state index contributed by atoms with van der Waals surface area (Å²) in [6, 6.07) is 7.21. The van der Waals surface area contributed by atoms with Crippen LogP contribution in [0.5, 0.6) is 0 Å². The van der Waals surface area contributed by atoms with Crippen LogP contribution in [-0.2, 0) is 4.79 Å². The van der Waals surface area contributed by atoms with Gasteiger partial charge in [-0.15, -0.1) is 24.0 Å². The van der Waals surface area contributed by atoms with Crippen LogP contribution in [0.4, 0.5) is 0 Å². The van der Waals surface area contributed by atoms with E-state index in [0.717, 1.165) is 10.9 Å². The molecule has 27 heavy (non-hydrogen) atoms. The van der Waals surface area contributed by atoms with E-state index in [9.17, 15) is 9.59 Å². The van der Waals surface area contributed by atoms with E-state index < -0.39 is 0 Å². The van der Waals surface area contributed by atoms with Crippen molar-refractivity contribution in [3.63, 3.8) is 0 Å². The first-order valence-electron chi connectivity index (χ1n) is 8.50. The van der Waals surface area contributed by atoms with Crippen LogP contribution in [0, 0.1) is 0 Å². The summed E-state index contributed by atoms with van der Waals surface area (Å²) in [6.45, 7) is 7.11. The van der Waals surface area contributed by atoms with Gasteiger partial charge in [0.05, 0.1) is 6.54 Å². The molecule has 0 radical (unpaired) electrons. The number of guanidine groups is 1. The molecule has 9 heteroatoms. The molecule has 0 aliphatic carbocycles. The minimum Gasteiger partial charge on any atom is -0.356 e. The monoisotopic (exact) mass is 553 g/mol. The smallest absolute Gasteiger partial charge is 0.251 e. The molecule has 152 valence electrons. The maximum Gasteiger partial charge on any atom is 0.251 e. The van der Waals surface area contributed by atoms with Crippen molar-refractivity contribution >= 4 is 57.7 Å². The van der Waals surface area contributed by atoms with E-state index in [1.807, 2.05) is 32.9 Å². The molecular formula is C18H29BrIN5O2. The molecule has 1 rings (SSSR count). The van der Waals surface area contributed by atoms with Gasteiger partial charge < -0.3 is 21.3 Å². The normalized spacial score (nSPS) is 11.2. The number of nitrogens with one attached hydrogen (secondary N) is 4. The van der Waals surface area contributed by atoms with E-state index >= 15 is 0 Å². The maximum absolute atomic E-state index is 12.0. The van der Waals surface area contributed by atoms with Gasteiger partial charge in [0, 0.05) is 35.7 Å². The van der Waals surface area contributed by atoms with Crippen molar-refractivity contribution in [2.45, 2.75) is 32.7 Å². The number of rotatable bonds is 7. The highest BCUT2D eigenvalue weighted by Crippen LogP contribution is 2.10. The van der Waals surface area contributed by atoms with Crippen molar-refractivity contribution < 1.29 is 9.59 Å². The number of carbonyl (C=O) groups excluding carboxylic acids is 2. The van der Waals surface area contributed by atoms with Gasteiger partial charge in [-0.1, -0.05) is 15.9 Å². The molecular weight excluding hydrogens is 525 g/mol. The molecule has 4 N–H and O–H groups in total. The molecule has 0 aliphatic rings. The second kappa shape index (κ2) is 12.9. The lowest BCUT2D eigenvalue weighted by atomic mass is 10.1. The molecule has 0 saturated heterocycles. The van der Waals surface area contributed by atoms with Gasteiger partial charge in [0.25, 0.3) is 5.91 Å². The molecule has 0 saturated carbocycles. The van der Waals surface area contributed by atoms with Gasteiger partial charge in [-0.25, -0.2) is 0 Å². The van der Waals surface area contributed by atoms with Crippen LogP contribution in [0.3, 0.4) is 0 Å². The number of hydrogen-bond donors (Lipinski definition) is 4. The van der Waals surface area contributed by atoms with Crippen molar-refractivity contribution in [1.29, 1.82) is 0 Å². The van der Waals surface area contributed by atoms with Gasteiger partial charge in [0.15, 0.2) is 5.96 Å². The lowest BCUT2D eigenvalue weighted by Crippen LogP contribution is -2.48. The van der Waals surface area contributed by atoms with Crippen molar-refractivity contribution in [1.82, 2.24) is 21.3 Å². The van der Waals surface area contributed by atoms with Crippen LogP contribution in [0.25, 0.3) is 0 Å². The number of hydrogen-bond acceptors (Lipinski definition) is 3. The highest BCUT2D eigenvalue weighted by atomic mass is 127. The zero-order valence-electron chi connectivity index (χ0n) is 16.2. The molecule has 0 spiro atoms. The predicted molar refractivity (Wildman–Crippen MR) is 124 cm³/mol. The highest BCUT2D eigenvalue weighted by molar-refractivity contribution is 14.0. The molecule has 0 heterocycles. The van der Waals surface area contributed by atoms with E-state index in [0.29, 0.717) is 24.6 Å². The van der Waals surface area contributed by atoms with Gasteiger partial charge in [-0.2, -0.15) is 0 Å². The molecule has 1 aromatic rings. The highest BCUT2D eigenvalue weighted by Gasteiger charge is 2.13. The molecule has 1 aromatic carbocycles. The Labute approximate surface area is 186 Å². The number of nitrogens with zero attached hydrogens (tertiary/aromatic N) is 1. The summed E-state index contributed by atoms with van der Waals surface area (Å²) >= 11 is 3.34. The van der Waals surface area contributed by atoms with Gasteiger partial charge >= 0.3 is 0 Å². The fourth-order valence-electron chi connectivity index (χ4n) is 2.05. The summed E-state index contributed by atoms with van der Waals surface area (Å²) in [5.74, 6) is 0.356. The number of carbonyl (C=O) groups is 2. The Morgan fingerprint density at radius 3 is 2.19 bits per heavy atom. The minimum absolute atomic E-state index is 0. The van der Waals surface area contributed by atoms with Gasteiger partial charge in [0.1, 0.15) is 0 Å². The van der Waals surface area contributed by atoms with Crippen LogP contribution < -0.4 is 21.3 Å². The van der Waals surface area contributed by atoms with Crippen molar-refractivity contribution in [2.75, 3.05) is 26.7 Å². The summed E-state index contributed by atoms with van der Waals surface area (Å²) in [4.78, 5) is 27.8. The van der Waals surface area contributed by atoms with Crippen LogP contribution in [0.1, 0.15) is 37.6 Å². The second-order valence-corrected chi connectivity index (χ2v) is 7.68. The Morgan fingerprint density at radius 2 is 1.63 bits per heavy atom. The first-order chi connectivity index (χ1) is 12.2. The fourth-order valence-corrected chi connectivity index (χ4v) is 2.31. The van der Waals surface area contributed by atoms with Crippen LogP contribution in [0.15, 0.2) is 33.7 Å². The molecule has 0 aliphatic heterocycles. The van der Waals surface area contributed by atoms with E-state index in [-0.39, 0.29) is 47.9 Å². The minimum atomic E-state index is -0.261. The van der Waals surface area contributed by atoms with E-state index in [1.54, 1.807) is 19.2 Å². The molecule has 0 fully saturated rings. The Bertz CT molecular complexity index is 630. The molecule has 0 aromatic heterocycles. The van der Waals surface area contributed by atoms with Gasteiger partial charge in [0.2, 0.25) is 5.91 Å². The molecule has 7 nitrogen and oxygen atoms in total. The molecule has 2 amide bonds. The SMILES string of the molecule is CN=C(NCCCNC(=O)c1ccc(Br)cc1)NCC(=O)NC(C)(C)C.I. The summed E-state index contributed by atoms with van der Waals surface area (Å²) in [7, 11) is 1.65. The fraction of sp³-hybridized carbons (Fsp3) is 0.500. The van der Waals surface area contributed by atoms with E-state index in [4.69, 9.17) is 0 Å². The molecule has 0 bridgehead atoms. The van der Waals surface area contributed by atoms with Crippen molar-refractivity contribution in [3.8, 4) is 0 Å². The summed E-state index contributed by atoms with van der Waals surface area (Å²) in [6.07, 6.45) is 0.733. The number of amides is 2. The van der Waals surface area contributed by atoms with E-state index in [2.05, 4.69) is 42.2 Å². The Kier molecular flexibility index (Phi) is 12.3. The Balaban J connectivity index is 0.00000676. The number of benzene rings is 1. The summed E-state index contributed by atoms with van der Waals surface area (Å²) in [5, 5.41) is 11.8. The topological polar surface area (TPSA) is 94.6 Å². The van der Waals surface area contributed by atoms with Crippen molar-refractivity contribution in [3.05, 3.63) is 34.3 Å². The third-order valence-corrected chi connectivity index (χ3v) is 3.72. The Hall–Kier alpha value is -1.36. The first-order valence-corrected chi connectivity index (χ1v) is 9.30. The average Bonchev–Trinajstić information content (AvgIpc) is 2.56. The quantitative estimate of drug-likeness (QED) is 0.180. The zero-order valence-corrected chi connectivity index (χ0v) is 20.1. The van der Waals surface area contributed by atoms with Crippen LogP contribution in [-0.4, -0.2) is 50.0 Å². The third kappa shape index (κ3) is 11.9. The largest absolute Gasteiger partial charge is 0.356 e. The number of halogens is 2. The van der Waals surface area contributed by atoms with Gasteiger partial charge in [-0.05, 0) is 51.5 Å². The Morgan fingerprint density at radius 1 is 1.04 bits per heavy atom. The summed E-state index contributed by atoms with van der Waals surface area (Å²) < 4.78 is 0.938. The standard InChI is InChI=1S/C18H28BrN5O2.HI/c1-18(2,3)24-15(25)12-23-17(20-4)22-11-5-10-21-16(26)13-6-8-14(19)9-7-13;/h6-9H,5,10-12H2,1-4H3,(H,21,26)(H,24,25)(H2,20,22,23);1H. The average molecular weight is 554 g/mol. The van der Waals surface area contributed by atoms with E-state index in [1.165, 1.54) is 0 Å². The maximum atomic E-state index is 12.0. The molecule has 0 unspecified atom stereocenters. The van der Waals surface area contributed by atoms with Crippen LogP contribution in [0.2, 0.25) is 0 Å². The molecule has 0 atom stereocenters. The first kappa shape index (κ1) is 25.6. The van der Waals surface area contributed by atoms with Gasteiger partial charge in [-0.3, -0.25) is 14.6 Å². The van der Waals surface area contributed by atoms with Crippen LogP contribution >= 0.6 is 39.9 Å². The zero-order chi connectivity index (χ0) is 19.6. The third-order valence-electron chi connectivity index (χ3n) is 3.19. The lowest BCUT2D eigenvalue weighted by Gasteiger charge is -2.21. The summed E-state index contributed by atoms with van der Waals surface area (Å²) in [5.41, 5.74) is 0.367. The second-order valence-electron chi connectivity index (χ2n) is 6.77. The number of aliphatic imine (C=N–C) groups is 1. The predicted octanol–water partition coefficient (Wildman–Crippen LogP) is 2.27. The van der Waals surface area contributed by atoms with Crippen molar-refractivity contribution in [2.24, 2.45) is 4.99 Å².